The van der Waals surface area contributed by atoms with Gasteiger partial charge in [-0.2, -0.15) is 0 Å². The highest BCUT2D eigenvalue weighted by atomic mass is 16.2. The number of hydrogen-bond donors (Lipinski definition) is 0. The summed E-state index contributed by atoms with van der Waals surface area (Å²) < 4.78 is 0. The fourth-order valence-corrected chi connectivity index (χ4v) is 3.22. The van der Waals surface area contributed by atoms with Gasteiger partial charge in [-0.1, -0.05) is 13.8 Å². The van der Waals surface area contributed by atoms with Gasteiger partial charge in [-0.3, -0.25) is 4.79 Å². The molecule has 2 saturated carbocycles. The van der Waals surface area contributed by atoms with E-state index >= 15 is 0 Å². The number of amides is 1. The van der Waals surface area contributed by atoms with Gasteiger partial charge in [0.05, 0.1) is 0 Å². The maximum atomic E-state index is 12.2. The van der Waals surface area contributed by atoms with Gasteiger partial charge in [0, 0.05) is 19.0 Å². The first kappa shape index (κ1) is 11.0. The van der Waals surface area contributed by atoms with Gasteiger partial charge < -0.3 is 4.90 Å². The monoisotopic (exact) mass is 209 g/mol. The minimum atomic E-state index is 0.361. The second kappa shape index (κ2) is 4.15. The maximum absolute atomic E-state index is 12.2. The molecule has 2 rings (SSSR count). The van der Waals surface area contributed by atoms with E-state index in [1.165, 1.54) is 19.3 Å². The van der Waals surface area contributed by atoms with Crippen molar-refractivity contribution in [2.45, 2.75) is 52.0 Å². The predicted octanol–water partition coefficient (Wildman–Crippen LogP) is 2.68. The summed E-state index contributed by atoms with van der Waals surface area (Å²) in [5.41, 5.74) is 0. The molecule has 2 heteroatoms. The number of rotatable bonds is 4. The molecule has 2 aliphatic carbocycles. The molecule has 0 aliphatic heterocycles. The normalized spacial score (nSPS) is 32.9. The molecule has 0 heterocycles. The molecular formula is C13H23NO. The summed E-state index contributed by atoms with van der Waals surface area (Å²) in [7, 11) is 1.99. The van der Waals surface area contributed by atoms with Crippen LogP contribution in [0.3, 0.4) is 0 Å². The van der Waals surface area contributed by atoms with E-state index in [9.17, 15) is 4.79 Å². The van der Waals surface area contributed by atoms with Crippen LogP contribution in [0.2, 0.25) is 0 Å². The van der Waals surface area contributed by atoms with Gasteiger partial charge in [0.15, 0.2) is 0 Å². The molecule has 15 heavy (non-hydrogen) atoms. The summed E-state index contributed by atoms with van der Waals surface area (Å²) in [4.78, 5) is 14.2. The topological polar surface area (TPSA) is 20.3 Å². The van der Waals surface area contributed by atoms with Gasteiger partial charge in [0.1, 0.15) is 0 Å². The lowest BCUT2D eigenvalue weighted by molar-refractivity contribution is -0.136. The van der Waals surface area contributed by atoms with Crippen molar-refractivity contribution in [3.63, 3.8) is 0 Å². The number of carbonyl (C=O) groups is 1. The van der Waals surface area contributed by atoms with Gasteiger partial charge in [-0.15, -0.1) is 0 Å². The van der Waals surface area contributed by atoms with Crippen LogP contribution >= 0.6 is 0 Å². The van der Waals surface area contributed by atoms with Crippen LogP contribution in [-0.4, -0.2) is 23.9 Å². The molecule has 0 N–H and O–H groups in total. The Kier molecular flexibility index (Phi) is 3.03. The molecule has 2 unspecified atom stereocenters. The molecule has 2 nitrogen and oxygen atoms in total. The number of fused-ring (bicyclic) bond motifs is 1. The zero-order valence-electron chi connectivity index (χ0n) is 10.2. The third-order valence-corrected chi connectivity index (χ3v) is 4.43. The number of carbonyl (C=O) groups excluding carboxylic acids is 1. The van der Waals surface area contributed by atoms with E-state index in [0.717, 1.165) is 24.7 Å². The van der Waals surface area contributed by atoms with Crippen LogP contribution in [0.15, 0.2) is 0 Å². The summed E-state index contributed by atoms with van der Waals surface area (Å²) in [5.74, 6) is 2.60. The summed E-state index contributed by atoms with van der Waals surface area (Å²) in [5, 5.41) is 0. The number of nitrogens with zero attached hydrogens (tertiary/aromatic N) is 1. The minimum absolute atomic E-state index is 0.361. The largest absolute Gasteiger partial charge is 0.343 e. The van der Waals surface area contributed by atoms with Gasteiger partial charge >= 0.3 is 0 Å². The Morgan fingerprint density at radius 2 is 1.73 bits per heavy atom. The summed E-state index contributed by atoms with van der Waals surface area (Å²) in [6.45, 7) is 4.34. The van der Waals surface area contributed by atoms with Crippen LogP contribution in [0, 0.1) is 17.8 Å². The minimum Gasteiger partial charge on any atom is -0.343 e. The van der Waals surface area contributed by atoms with Crippen molar-refractivity contribution in [1.82, 2.24) is 4.90 Å². The van der Waals surface area contributed by atoms with E-state index in [2.05, 4.69) is 13.8 Å². The first-order valence-electron chi connectivity index (χ1n) is 6.44. The van der Waals surface area contributed by atoms with Gasteiger partial charge in [0.25, 0.3) is 0 Å². The lowest BCUT2D eigenvalue weighted by atomic mass is 10.0. The molecule has 0 aromatic carbocycles. The van der Waals surface area contributed by atoms with E-state index in [-0.39, 0.29) is 0 Å². The van der Waals surface area contributed by atoms with Crippen LogP contribution in [0.5, 0.6) is 0 Å². The molecule has 0 radical (unpaired) electrons. The van der Waals surface area contributed by atoms with Crippen LogP contribution in [-0.2, 0) is 4.79 Å². The molecule has 0 bridgehead atoms. The average molecular weight is 209 g/mol. The third-order valence-electron chi connectivity index (χ3n) is 4.43. The molecule has 0 saturated heterocycles. The Bertz CT molecular complexity index is 237. The quantitative estimate of drug-likeness (QED) is 0.697. The molecular weight excluding hydrogens is 186 g/mol. The third kappa shape index (κ3) is 2.04. The Morgan fingerprint density at radius 3 is 2.20 bits per heavy atom. The molecule has 2 atom stereocenters. The standard InChI is InChI=1S/C13H23NO/c1-4-12(5-2)14(3)13(15)11-7-9-6-10(9)8-11/h9-12H,4-8H2,1-3H3. The van der Waals surface area contributed by atoms with Crippen molar-refractivity contribution < 1.29 is 4.79 Å². The fraction of sp³-hybridized carbons (Fsp3) is 0.923. The van der Waals surface area contributed by atoms with E-state index < -0.39 is 0 Å². The summed E-state index contributed by atoms with van der Waals surface area (Å²) in [6.07, 6.45) is 5.91. The second-order valence-corrected chi connectivity index (χ2v) is 5.34. The van der Waals surface area contributed by atoms with Gasteiger partial charge in [-0.25, -0.2) is 0 Å². The van der Waals surface area contributed by atoms with Crippen molar-refractivity contribution in [2.24, 2.45) is 17.8 Å². The van der Waals surface area contributed by atoms with Crippen LogP contribution < -0.4 is 0 Å². The van der Waals surface area contributed by atoms with E-state index in [0.29, 0.717) is 17.9 Å². The predicted molar refractivity (Wildman–Crippen MR) is 61.5 cm³/mol. The highest BCUT2D eigenvalue weighted by Gasteiger charge is 2.48. The fourth-order valence-electron chi connectivity index (χ4n) is 3.22. The number of hydrogen-bond acceptors (Lipinski definition) is 1. The zero-order valence-corrected chi connectivity index (χ0v) is 10.2. The van der Waals surface area contributed by atoms with Crippen LogP contribution in [0.25, 0.3) is 0 Å². The Balaban J connectivity index is 1.89. The van der Waals surface area contributed by atoms with Crippen molar-refractivity contribution in [2.75, 3.05) is 7.05 Å². The summed E-state index contributed by atoms with van der Waals surface area (Å²) in [6, 6.07) is 0.453. The molecule has 0 aromatic rings. The Labute approximate surface area is 93.0 Å². The summed E-state index contributed by atoms with van der Waals surface area (Å²) >= 11 is 0. The van der Waals surface area contributed by atoms with E-state index in [4.69, 9.17) is 0 Å². The van der Waals surface area contributed by atoms with Gasteiger partial charge in [0.2, 0.25) is 5.91 Å². The second-order valence-electron chi connectivity index (χ2n) is 5.34. The lowest BCUT2D eigenvalue weighted by Crippen LogP contribution is -2.39. The Hall–Kier alpha value is -0.530. The van der Waals surface area contributed by atoms with Crippen molar-refractivity contribution in [3.8, 4) is 0 Å². The Morgan fingerprint density at radius 1 is 1.20 bits per heavy atom. The van der Waals surface area contributed by atoms with Crippen molar-refractivity contribution in [1.29, 1.82) is 0 Å². The van der Waals surface area contributed by atoms with Gasteiger partial charge in [-0.05, 0) is 43.9 Å². The molecule has 86 valence electrons. The van der Waals surface area contributed by atoms with Crippen molar-refractivity contribution in [3.05, 3.63) is 0 Å². The first-order chi connectivity index (χ1) is 7.17. The van der Waals surface area contributed by atoms with E-state index in [1.807, 2.05) is 11.9 Å². The van der Waals surface area contributed by atoms with Crippen molar-refractivity contribution >= 4 is 5.91 Å². The van der Waals surface area contributed by atoms with Crippen LogP contribution in [0.1, 0.15) is 46.0 Å². The molecule has 1 amide bonds. The van der Waals surface area contributed by atoms with Crippen LogP contribution in [0.4, 0.5) is 0 Å². The van der Waals surface area contributed by atoms with E-state index in [1.54, 1.807) is 0 Å². The zero-order chi connectivity index (χ0) is 11.0. The molecule has 0 aromatic heterocycles. The molecule has 2 fully saturated rings. The average Bonchev–Trinajstić information content (AvgIpc) is 2.86. The molecule has 0 spiro atoms. The maximum Gasteiger partial charge on any atom is 0.225 e. The highest BCUT2D eigenvalue weighted by Crippen LogP contribution is 2.54. The highest BCUT2D eigenvalue weighted by molar-refractivity contribution is 5.79. The smallest absolute Gasteiger partial charge is 0.225 e. The molecule has 2 aliphatic rings. The lowest BCUT2D eigenvalue weighted by Gasteiger charge is -2.29. The SMILES string of the molecule is CCC(CC)N(C)C(=O)C1CC2CC2C1. The first-order valence-corrected chi connectivity index (χ1v) is 6.44.